The van der Waals surface area contributed by atoms with Gasteiger partial charge in [-0.1, -0.05) is 18.2 Å². The molecule has 4 rings (SSSR count). The molecule has 2 aliphatic heterocycles. The van der Waals surface area contributed by atoms with Crippen LogP contribution in [-0.2, 0) is 19.6 Å². The third-order valence-corrected chi connectivity index (χ3v) is 7.64. The SMILES string of the molecule is O=C([C@@H]1CSCN1C(=O)c1cccc(S(=O)(=O)Nc2ccccc2F)c1)N1CCOCC1. The zero-order valence-corrected chi connectivity index (χ0v) is 18.7. The lowest BCUT2D eigenvalue weighted by molar-refractivity contribution is -0.138. The second-order valence-electron chi connectivity index (χ2n) is 7.34. The maximum absolute atomic E-state index is 13.9. The van der Waals surface area contributed by atoms with Gasteiger partial charge in [0.05, 0.1) is 29.7 Å². The fourth-order valence-corrected chi connectivity index (χ4v) is 5.81. The predicted octanol–water partition coefficient (Wildman–Crippen LogP) is 2.00. The Bertz CT molecular complexity index is 1120. The van der Waals surface area contributed by atoms with Gasteiger partial charge in [-0.25, -0.2) is 12.8 Å². The van der Waals surface area contributed by atoms with Crippen molar-refractivity contribution in [1.82, 2.24) is 9.80 Å². The van der Waals surface area contributed by atoms with Crippen molar-refractivity contribution in [3.05, 3.63) is 59.9 Å². The van der Waals surface area contributed by atoms with Crippen molar-refractivity contribution < 1.29 is 27.1 Å². The van der Waals surface area contributed by atoms with Crippen molar-refractivity contribution in [2.24, 2.45) is 0 Å². The predicted molar refractivity (Wildman–Crippen MR) is 118 cm³/mol. The fourth-order valence-electron chi connectivity index (χ4n) is 3.55. The van der Waals surface area contributed by atoms with Crippen LogP contribution >= 0.6 is 11.8 Å². The van der Waals surface area contributed by atoms with Gasteiger partial charge in [-0.15, -0.1) is 11.8 Å². The van der Waals surface area contributed by atoms with E-state index in [-0.39, 0.29) is 22.1 Å². The molecule has 170 valence electrons. The Labute approximate surface area is 189 Å². The summed E-state index contributed by atoms with van der Waals surface area (Å²) in [5.41, 5.74) is -0.0416. The summed E-state index contributed by atoms with van der Waals surface area (Å²) in [5, 5.41) is 0. The molecule has 1 N–H and O–H groups in total. The number of carbonyl (C=O) groups is 2. The van der Waals surface area contributed by atoms with E-state index in [9.17, 15) is 22.4 Å². The Morgan fingerprint density at radius 3 is 2.59 bits per heavy atom. The van der Waals surface area contributed by atoms with E-state index in [1.807, 2.05) is 0 Å². The highest BCUT2D eigenvalue weighted by molar-refractivity contribution is 7.99. The van der Waals surface area contributed by atoms with E-state index in [2.05, 4.69) is 4.72 Å². The first-order valence-corrected chi connectivity index (χ1v) is 12.6. The van der Waals surface area contributed by atoms with E-state index < -0.39 is 27.8 Å². The van der Waals surface area contributed by atoms with Gasteiger partial charge in [0.1, 0.15) is 11.9 Å². The highest BCUT2D eigenvalue weighted by Crippen LogP contribution is 2.26. The van der Waals surface area contributed by atoms with Crippen molar-refractivity contribution in [2.45, 2.75) is 10.9 Å². The summed E-state index contributed by atoms with van der Waals surface area (Å²) < 4.78 is 46.9. The lowest BCUT2D eigenvalue weighted by atomic mass is 10.1. The summed E-state index contributed by atoms with van der Waals surface area (Å²) in [6, 6.07) is 10.3. The van der Waals surface area contributed by atoms with Crippen LogP contribution in [0.2, 0.25) is 0 Å². The van der Waals surface area contributed by atoms with Crippen LogP contribution in [0.25, 0.3) is 0 Å². The first-order valence-electron chi connectivity index (χ1n) is 9.99. The van der Waals surface area contributed by atoms with Gasteiger partial charge < -0.3 is 14.5 Å². The Hall–Kier alpha value is -2.63. The van der Waals surface area contributed by atoms with Gasteiger partial charge >= 0.3 is 0 Å². The maximum Gasteiger partial charge on any atom is 0.262 e. The largest absolute Gasteiger partial charge is 0.378 e. The number of hydrogen-bond acceptors (Lipinski definition) is 6. The molecule has 2 saturated heterocycles. The molecule has 0 aromatic heterocycles. The Morgan fingerprint density at radius 2 is 1.84 bits per heavy atom. The van der Waals surface area contributed by atoms with Gasteiger partial charge in [0.25, 0.3) is 15.9 Å². The molecule has 2 aromatic rings. The number of para-hydroxylation sites is 1. The number of amides is 2. The van der Waals surface area contributed by atoms with Gasteiger partial charge in [0.15, 0.2) is 0 Å². The molecule has 11 heteroatoms. The van der Waals surface area contributed by atoms with Crippen molar-refractivity contribution in [3.8, 4) is 0 Å². The van der Waals surface area contributed by atoms with Crippen molar-refractivity contribution >= 4 is 39.3 Å². The molecule has 1 atom stereocenters. The molecule has 32 heavy (non-hydrogen) atoms. The lowest BCUT2D eigenvalue weighted by Gasteiger charge is -2.32. The van der Waals surface area contributed by atoms with Crippen LogP contribution in [0.3, 0.4) is 0 Å². The number of nitrogens with zero attached hydrogens (tertiary/aromatic N) is 2. The molecule has 2 fully saturated rings. The third kappa shape index (κ3) is 4.74. The van der Waals surface area contributed by atoms with Crippen LogP contribution in [0.15, 0.2) is 53.4 Å². The number of benzene rings is 2. The highest BCUT2D eigenvalue weighted by atomic mass is 32.2. The van der Waals surface area contributed by atoms with E-state index in [1.165, 1.54) is 59.1 Å². The summed E-state index contributed by atoms with van der Waals surface area (Å²) in [6.45, 7) is 1.90. The molecule has 8 nitrogen and oxygen atoms in total. The van der Waals surface area contributed by atoms with E-state index in [4.69, 9.17) is 4.74 Å². The number of thioether (sulfide) groups is 1. The third-order valence-electron chi connectivity index (χ3n) is 5.26. The summed E-state index contributed by atoms with van der Waals surface area (Å²) >= 11 is 1.47. The number of ether oxygens (including phenoxy) is 1. The van der Waals surface area contributed by atoms with Gasteiger partial charge in [-0.3, -0.25) is 14.3 Å². The van der Waals surface area contributed by atoms with E-state index in [0.717, 1.165) is 6.07 Å². The Morgan fingerprint density at radius 1 is 1.09 bits per heavy atom. The second-order valence-corrected chi connectivity index (χ2v) is 10.0. The molecule has 2 heterocycles. The first kappa shape index (κ1) is 22.6. The molecule has 2 aromatic carbocycles. The number of anilines is 1. The normalized spacial score (nSPS) is 19.1. The van der Waals surface area contributed by atoms with Crippen molar-refractivity contribution in [2.75, 3.05) is 42.7 Å². The molecule has 0 saturated carbocycles. The summed E-state index contributed by atoms with van der Waals surface area (Å²) in [7, 11) is -4.12. The first-order chi connectivity index (χ1) is 15.4. The smallest absolute Gasteiger partial charge is 0.262 e. The fraction of sp³-hybridized carbons (Fsp3) is 0.333. The summed E-state index contributed by atoms with van der Waals surface area (Å²) in [4.78, 5) is 29.1. The molecule has 0 aliphatic carbocycles. The minimum atomic E-state index is -4.12. The molecular formula is C21H22FN3O5S2. The monoisotopic (exact) mass is 479 g/mol. The number of rotatable bonds is 5. The Balaban J connectivity index is 1.54. The van der Waals surface area contributed by atoms with Crippen LogP contribution in [0.5, 0.6) is 0 Å². The zero-order chi connectivity index (χ0) is 22.7. The molecule has 0 bridgehead atoms. The van der Waals surface area contributed by atoms with Crippen LogP contribution in [-0.4, -0.2) is 74.0 Å². The molecule has 0 unspecified atom stereocenters. The van der Waals surface area contributed by atoms with Crippen molar-refractivity contribution in [3.63, 3.8) is 0 Å². The quantitative estimate of drug-likeness (QED) is 0.705. The highest BCUT2D eigenvalue weighted by Gasteiger charge is 2.38. The van der Waals surface area contributed by atoms with Crippen molar-refractivity contribution in [1.29, 1.82) is 0 Å². The number of carbonyl (C=O) groups excluding carboxylic acids is 2. The number of hydrogen-bond donors (Lipinski definition) is 1. The lowest BCUT2D eigenvalue weighted by Crippen LogP contribution is -2.52. The standard InChI is InChI=1S/C21H22FN3O5S2/c22-17-6-1-2-7-18(17)23-32(28,29)16-5-3-4-15(12-16)20(26)25-14-31-13-19(25)21(27)24-8-10-30-11-9-24/h1-7,12,19,23H,8-11,13-14H2/t19-/m0/s1. The summed E-state index contributed by atoms with van der Waals surface area (Å²) in [6.07, 6.45) is 0. The van der Waals surface area contributed by atoms with E-state index in [0.29, 0.717) is 37.9 Å². The van der Waals surface area contributed by atoms with Crippen LogP contribution in [0.1, 0.15) is 10.4 Å². The van der Waals surface area contributed by atoms with Gasteiger partial charge in [0.2, 0.25) is 5.91 Å². The topological polar surface area (TPSA) is 96.0 Å². The second kappa shape index (κ2) is 9.47. The van der Waals surface area contributed by atoms with Gasteiger partial charge in [-0.2, -0.15) is 0 Å². The van der Waals surface area contributed by atoms with Gasteiger partial charge in [-0.05, 0) is 30.3 Å². The zero-order valence-electron chi connectivity index (χ0n) is 17.1. The molecule has 0 radical (unpaired) electrons. The average molecular weight is 480 g/mol. The molecule has 2 amide bonds. The molecule has 0 spiro atoms. The summed E-state index contributed by atoms with van der Waals surface area (Å²) in [5.74, 6) is -0.443. The van der Waals surface area contributed by atoms with Crippen LogP contribution < -0.4 is 4.72 Å². The average Bonchev–Trinajstić information content (AvgIpc) is 3.30. The molecule has 2 aliphatic rings. The molecular weight excluding hydrogens is 457 g/mol. The minimum absolute atomic E-state index is 0.128. The van der Waals surface area contributed by atoms with Gasteiger partial charge in [0, 0.05) is 24.4 Å². The number of nitrogens with one attached hydrogen (secondary N) is 1. The van der Waals surface area contributed by atoms with E-state index in [1.54, 1.807) is 4.90 Å². The van der Waals surface area contributed by atoms with Crippen LogP contribution in [0.4, 0.5) is 10.1 Å². The number of morpholine rings is 1. The minimum Gasteiger partial charge on any atom is -0.378 e. The van der Waals surface area contributed by atoms with Crippen LogP contribution in [0, 0.1) is 5.82 Å². The number of halogens is 1. The Kier molecular flexibility index (Phi) is 6.68. The van der Waals surface area contributed by atoms with E-state index >= 15 is 0 Å². The number of sulfonamides is 1. The maximum atomic E-state index is 13.9.